The normalized spacial score (nSPS) is 36.5. The molecular weight excluding hydrogens is 186 g/mol. The fourth-order valence-electron chi connectivity index (χ4n) is 3.68. The van der Waals surface area contributed by atoms with Crippen molar-refractivity contribution in [3.05, 3.63) is 12.7 Å². The summed E-state index contributed by atoms with van der Waals surface area (Å²) in [5.74, 6) is 2.36. The van der Waals surface area contributed by atoms with Crippen LogP contribution in [0.15, 0.2) is 12.7 Å². The monoisotopic (exact) mass is 207 g/mol. The lowest BCUT2D eigenvalue weighted by molar-refractivity contribution is -0.116. The zero-order valence-electron chi connectivity index (χ0n) is 9.75. The Labute approximate surface area is 92.1 Å². The van der Waals surface area contributed by atoms with Gasteiger partial charge in [0.05, 0.1) is 0 Å². The number of nitrogens with one attached hydrogen (secondary N) is 1. The SMILES string of the molecule is C=CC(=O)NCC1C2CCC(C2)C1(C)C. The molecule has 2 bridgehead atoms. The van der Waals surface area contributed by atoms with E-state index >= 15 is 0 Å². The average molecular weight is 207 g/mol. The molecule has 0 aromatic heterocycles. The van der Waals surface area contributed by atoms with Crippen LogP contribution in [0.1, 0.15) is 33.1 Å². The van der Waals surface area contributed by atoms with Crippen LogP contribution in [0.5, 0.6) is 0 Å². The molecule has 0 radical (unpaired) electrons. The molecule has 3 unspecified atom stereocenters. The molecule has 0 heterocycles. The van der Waals surface area contributed by atoms with Crippen molar-refractivity contribution in [2.45, 2.75) is 33.1 Å². The minimum Gasteiger partial charge on any atom is -0.352 e. The van der Waals surface area contributed by atoms with Crippen molar-refractivity contribution < 1.29 is 4.79 Å². The van der Waals surface area contributed by atoms with E-state index in [1.54, 1.807) is 0 Å². The highest BCUT2D eigenvalue weighted by atomic mass is 16.1. The lowest BCUT2D eigenvalue weighted by Gasteiger charge is -2.38. The van der Waals surface area contributed by atoms with Crippen LogP contribution in [-0.2, 0) is 4.79 Å². The standard InChI is InChI=1S/C13H21NO/c1-4-12(15)14-8-11-9-5-6-10(7-9)13(11,2)3/h4,9-11H,1,5-8H2,2-3H3,(H,14,15). The highest BCUT2D eigenvalue weighted by molar-refractivity contribution is 5.86. The Balaban J connectivity index is 1.97. The molecule has 2 heteroatoms. The van der Waals surface area contributed by atoms with Crippen LogP contribution in [0.25, 0.3) is 0 Å². The summed E-state index contributed by atoms with van der Waals surface area (Å²) >= 11 is 0. The van der Waals surface area contributed by atoms with Crippen molar-refractivity contribution in [2.24, 2.45) is 23.2 Å². The zero-order valence-corrected chi connectivity index (χ0v) is 9.75. The quantitative estimate of drug-likeness (QED) is 0.707. The van der Waals surface area contributed by atoms with Gasteiger partial charge in [-0.3, -0.25) is 4.79 Å². The maximum Gasteiger partial charge on any atom is 0.243 e. The number of amides is 1. The Morgan fingerprint density at radius 3 is 2.80 bits per heavy atom. The molecule has 2 rings (SSSR count). The maximum atomic E-state index is 11.2. The van der Waals surface area contributed by atoms with E-state index in [1.165, 1.54) is 25.3 Å². The molecule has 0 aromatic rings. The Kier molecular flexibility index (Phi) is 2.61. The van der Waals surface area contributed by atoms with Gasteiger partial charge in [0.2, 0.25) is 5.91 Å². The third kappa shape index (κ3) is 1.70. The number of carbonyl (C=O) groups excluding carboxylic acids is 1. The molecule has 84 valence electrons. The summed E-state index contributed by atoms with van der Waals surface area (Å²) in [4.78, 5) is 11.2. The van der Waals surface area contributed by atoms with Crippen molar-refractivity contribution in [3.8, 4) is 0 Å². The first-order chi connectivity index (χ1) is 7.05. The second-order valence-electron chi connectivity index (χ2n) is 5.65. The van der Waals surface area contributed by atoms with Gasteiger partial charge < -0.3 is 5.32 Å². The van der Waals surface area contributed by atoms with Gasteiger partial charge in [-0.05, 0) is 48.5 Å². The predicted octanol–water partition coefficient (Wildman–Crippen LogP) is 2.36. The molecule has 1 N–H and O–H groups in total. The fourth-order valence-corrected chi connectivity index (χ4v) is 3.68. The Morgan fingerprint density at radius 2 is 2.27 bits per heavy atom. The molecule has 15 heavy (non-hydrogen) atoms. The van der Waals surface area contributed by atoms with Crippen LogP contribution in [0.3, 0.4) is 0 Å². The summed E-state index contributed by atoms with van der Waals surface area (Å²) in [7, 11) is 0. The first-order valence-corrected chi connectivity index (χ1v) is 5.96. The van der Waals surface area contributed by atoms with Gasteiger partial charge in [0.15, 0.2) is 0 Å². The van der Waals surface area contributed by atoms with Gasteiger partial charge in [-0.15, -0.1) is 0 Å². The van der Waals surface area contributed by atoms with Gasteiger partial charge in [0.25, 0.3) is 0 Å². The smallest absolute Gasteiger partial charge is 0.243 e. The van der Waals surface area contributed by atoms with Crippen molar-refractivity contribution in [3.63, 3.8) is 0 Å². The second-order valence-corrected chi connectivity index (χ2v) is 5.65. The lowest BCUT2D eigenvalue weighted by atomic mass is 9.69. The van der Waals surface area contributed by atoms with Gasteiger partial charge >= 0.3 is 0 Å². The molecule has 2 aliphatic rings. The highest BCUT2D eigenvalue weighted by Gasteiger charge is 2.52. The summed E-state index contributed by atoms with van der Waals surface area (Å²) in [5, 5.41) is 2.96. The van der Waals surface area contributed by atoms with Gasteiger partial charge in [0.1, 0.15) is 0 Å². The van der Waals surface area contributed by atoms with E-state index in [0.29, 0.717) is 11.3 Å². The van der Waals surface area contributed by atoms with Crippen LogP contribution in [0, 0.1) is 23.2 Å². The zero-order chi connectivity index (χ0) is 11.1. The Hall–Kier alpha value is -0.790. The van der Waals surface area contributed by atoms with Crippen molar-refractivity contribution in [1.29, 1.82) is 0 Å². The van der Waals surface area contributed by atoms with E-state index in [1.807, 2.05) is 0 Å². The molecule has 0 saturated heterocycles. The average Bonchev–Trinajstić information content (AvgIpc) is 2.74. The maximum absolute atomic E-state index is 11.2. The Morgan fingerprint density at radius 1 is 1.53 bits per heavy atom. The van der Waals surface area contributed by atoms with Crippen LogP contribution in [0.2, 0.25) is 0 Å². The number of fused-ring (bicyclic) bond motifs is 2. The van der Waals surface area contributed by atoms with Gasteiger partial charge in [0, 0.05) is 6.54 Å². The molecule has 0 aromatic carbocycles. The minimum atomic E-state index is -0.0337. The van der Waals surface area contributed by atoms with Gasteiger partial charge in [-0.1, -0.05) is 20.4 Å². The summed E-state index contributed by atoms with van der Waals surface area (Å²) in [6.07, 6.45) is 5.49. The molecule has 2 saturated carbocycles. The number of rotatable bonds is 3. The van der Waals surface area contributed by atoms with Gasteiger partial charge in [-0.25, -0.2) is 0 Å². The number of hydrogen-bond acceptors (Lipinski definition) is 1. The predicted molar refractivity (Wildman–Crippen MR) is 61.3 cm³/mol. The van der Waals surface area contributed by atoms with Crippen LogP contribution in [0.4, 0.5) is 0 Å². The molecule has 2 fully saturated rings. The summed E-state index contributed by atoms with van der Waals surface area (Å²) < 4.78 is 0. The van der Waals surface area contributed by atoms with Crippen molar-refractivity contribution in [2.75, 3.05) is 6.54 Å². The van der Waals surface area contributed by atoms with E-state index in [4.69, 9.17) is 0 Å². The van der Waals surface area contributed by atoms with Crippen molar-refractivity contribution >= 4 is 5.91 Å². The van der Waals surface area contributed by atoms with Crippen molar-refractivity contribution in [1.82, 2.24) is 5.32 Å². The molecule has 3 atom stereocenters. The van der Waals surface area contributed by atoms with E-state index in [9.17, 15) is 4.79 Å². The highest BCUT2D eigenvalue weighted by Crippen LogP contribution is 2.58. The minimum absolute atomic E-state index is 0.0337. The largest absolute Gasteiger partial charge is 0.352 e. The van der Waals surface area contributed by atoms with Crippen LogP contribution in [-0.4, -0.2) is 12.5 Å². The first kappa shape index (κ1) is 10.7. The van der Waals surface area contributed by atoms with E-state index in [0.717, 1.165) is 18.4 Å². The molecular formula is C13H21NO. The molecule has 1 amide bonds. The van der Waals surface area contributed by atoms with Crippen LogP contribution < -0.4 is 5.32 Å². The van der Waals surface area contributed by atoms with E-state index in [2.05, 4.69) is 25.7 Å². The summed E-state index contributed by atoms with van der Waals surface area (Å²) in [6.45, 7) is 9.04. The van der Waals surface area contributed by atoms with Crippen LogP contribution >= 0.6 is 0 Å². The molecule has 2 nitrogen and oxygen atoms in total. The third-order valence-electron chi connectivity index (χ3n) is 4.73. The first-order valence-electron chi connectivity index (χ1n) is 5.96. The number of hydrogen-bond donors (Lipinski definition) is 1. The summed E-state index contributed by atoms with van der Waals surface area (Å²) in [6, 6.07) is 0. The third-order valence-corrected chi connectivity index (χ3v) is 4.73. The number of carbonyl (C=O) groups is 1. The Bertz CT molecular complexity index is 282. The molecule has 0 spiro atoms. The molecule has 0 aliphatic heterocycles. The summed E-state index contributed by atoms with van der Waals surface area (Å²) in [5.41, 5.74) is 0.414. The topological polar surface area (TPSA) is 29.1 Å². The van der Waals surface area contributed by atoms with E-state index in [-0.39, 0.29) is 5.91 Å². The second kappa shape index (κ2) is 3.66. The lowest BCUT2D eigenvalue weighted by Crippen LogP contribution is -2.39. The van der Waals surface area contributed by atoms with E-state index < -0.39 is 0 Å². The van der Waals surface area contributed by atoms with Gasteiger partial charge in [-0.2, -0.15) is 0 Å². The molecule has 2 aliphatic carbocycles. The fraction of sp³-hybridized carbons (Fsp3) is 0.769.